The standard InChI is InChI=1S/C38H69NO13/c1-14-15-26-38(10,46)31(42)21(4)28(40)19(2)17-36(8,45)33(52-35-29(41)25(39(11)12)16-20(3)48-35)22(5)30(23(6)34(44)50-26)51-27-18-37(9,47-13)32(43)24(7)49-27/h19-27,29-33,35,41-43,45-46H,14-18H2,1-13H3/t19-,20-,21+,22+,23-,24+,25+,26-,27+,29-,30+,31-,32+,33-,35+,36-,37-,38-/m1/s1. The van der Waals surface area contributed by atoms with Crippen molar-refractivity contribution >= 4 is 11.8 Å². The first-order chi connectivity index (χ1) is 23.9. The lowest BCUT2D eigenvalue weighted by Crippen LogP contribution is -2.61. The second-order valence-electron chi connectivity index (χ2n) is 16.9. The first kappa shape index (κ1) is 45.1. The molecule has 0 bridgehead atoms. The van der Waals surface area contributed by atoms with Gasteiger partial charge in [0.15, 0.2) is 12.6 Å². The molecule has 52 heavy (non-hydrogen) atoms. The zero-order chi connectivity index (χ0) is 39.7. The Labute approximate surface area is 310 Å². The Balaban J connectivity index is 2.20. The number of nitrogens with zero attached hydrogens (tertiary/aromatic N) is 1. The van der Waals surface area contributed by atoms with E-state index in [1.807, 2.05) is 32.8 Å². The summed E-state index contributed by atoms with van der Waals surface area (Å²) in [5.41, 5.74) is -4.84. The van der Waals surface area contributed by atoms with E-state index in [0.717, 1.165) is 0 Å². The van der Waals surface area contributed by atoms with E-state index in [4.69, 9.17) is 28.4 Å². The topological polar surface area (TPSA) is 194 Å². The van der Waals surface area contributed by atoms with Crippen LogP contribution in [0.5, 0.6) is 0 Å². The molecule has 3 rings (SSSR count). The van der Waals surface area contributed by atoms with Gasteiger partial charge in [0, 0.05) is 37.3 Å². The zero-order valence-corrected chi connectivity index (χ0v) is 33.6. The van der Waals surface area contributed by atoms with Gasteiger partial charge in [0.2, 0.25) is 0 Å². The molecule has 3 aliphatic rings. The second-order valence-corrected chi connectivity index (χ2v) is 16.9. The Hall–Kier alpha value is -1.30. The number of aliphatic hydroxyl groups excluding tert-OH is 3. The molecular weight excluding hydrogens is 678 g/mol. The third-order valence-corrected chi connectivity index (χ3v) is 12.0. The van der Waals surface area contributed by atoms with Gasteiger partial charge in [-0.1, -0.05) is 34.1 Å². The van der Waals surface area contributed by atoms with Gasteiger partial charge >= 0.3 is 5.97 Å². The number of carbonyl (C=O) groups is 2. The molecule has 0 amide bonds. The van der Waals surface area contributed by atoms with Crippen molar-refractivity contribution in [3.63, 3.8) is 0 Å². The number of hydrogen-bond donors (Lipinski definition) is 5. The number of esters is 1. The third kappa shape index (κ3) is 9.73. The van der Waals surface area contributed by atoms with Crippen molar-refractivity contribution in [2.24, 2.45) is 23.7 Å². The van der Waals surface area contributed by atoms with Crippen LogP contribution in [-0.4, -0.2) is 148 Å². The van der Waals surface area contributed by atoms with Gasteiger partial charge in [0.25, 0.3) is 0 Å². The fraction of sp³-hybridized carbons (Fsp3) is 0.947. The van der Waals surface area contributed by atoms with Crippen LogP contribution in [0.25, 0.3) is 0 Å². The predicted molar refractivity (Wildman–Crippen MR) is 191 cm³/mol. The van der Waals surface area contributed by atoms with E-state index in [0.29, 0.717) is 12.8 Å². The number of carbonyl (C=O) groups excluding carboxylic acids is 2. The van der Waals surface area contributed by atoms with Gasteiger partial charge in [-0.25, -0.2) is 0 Å². The van der Waals surface area contributed by atoms with Crippen LogP contribution in [0.15, 0.2) is 0 Å². The highest BCUT2D eigenvalue weighted by atomic mass is 16.7. The van der Waals surface area contributed by atoms with Crippen LogP contribution in [0, 0.1) is 23.7 Å². The normalized spacial score (nSPS) is 49.0. The summed E-state index contributed by atoms with van der Waals surface area (Å²) in [7, 11) is 5.18. The van der Waals surface area contributed by atoms with Crippen LogP contribution in [0.1, 0.15) is 101 Å². The quantitative estimate of drug-likeness (QED) is 0.227. The van der Waals surface area contributed by atoms with E-state index < -0.39 is 108 Å². The number of cyclic esters (lactones) is 1. The summed E-state index contributed by atoms with van der Waals surface area (Å²) in [5.74, 6) is -4.96. The molecule has 3 aliphatic heterocycles. The van der Waals surface area contributed by atoms with Crippen LogP contribution in [0.3, 0.4) is 0 Å². The minimum absolute atomic E-state index is 0.0944. The van der Waals surface area contributed by atoms with Crippen LogP contribution in [-0.2, 0) is 38.0 Å². The summed E-state index contributed by atoms with van der Waals surface area (Å²) < 4.78 is 37.2. The summed E-state index contributed by atoms with van der Waals surface area (Å²) in [5, 5.41) is 57.9. The molecule has 3 fully saturated rings. The number of hydrogen-bond acceptors (Lipinski definition) is 14. The lowest BCUT2D eigenvalue weighted by Gasteiger charge is -2.49. The summed E-state index contributed by atoms with van der Waals surface area (Å²) in [6.07, 6.45) is -9.12. The monoisotopic (exact) mass is 747 g/mol. The van der Waals surface area contributed by atoms with Gasteiger partial charge in [-0.15, -0.1) is 0 Å². The number of ketones is 1. The highest BCUT2D eigenvalue weighted by Gasteiger charge is 2.53. The zero-order valence-electron chi connectivity index (χ0n) is 33.6. The van der Waals surface area contributed by atoms with E-state index in [1.54, 1.807) is 34.6 Å². The van der Waals surface area contributed by atoms with E-state index in [2.05, 4.69) is 0 Å². The summed E-state index contributed by atoms with van der Waals surface area (Å²) in [6, 6.07) is -0.324. The Bertz CT molecular complexity index is 1180. The molecule has 0 radical (unpaired) electrons. The smallest absolute Gasteiger partial charge is 0.311 e. The average Bonchev–Trinajstić information content (AvgIpc) is 3.06. The van der Waals surface area contributed by atoms with Crippen LogP contribution in [0.2, 0.25) is 0 Å². The molecule has 18 atom stereocenters. The maximum Gasteiger partial charge on any atom is 0.311 e. The molecule has 0 aromatic rings. The van der Waals surface area contributed by atoms with Crippen molar-refractivity contribution in [1.82, 2.24) is 4.90 Å². The van der Waals surface area contributed by atoms with Crippen molar-refractivity contribution in [2.75, 3.05) is 21.2 Å². The van der Waals surface area contributed by atoms with E-state index in [1.165, 1.54) is 27.9 Å². The number of likely N-dealkylation sites (N-methyl/N-ethyl adjacent to an activating group) is 1. The summed E-state index contributed by atoms with van der Waals surface area (Å²) in [6.45, 7) is 16.6. The maximum absolute atomic E-state index is 14.2. The maximum atomic E-state index is 14.2. The van der Waals surface area contributed by atoms with Gasteiger partial charge in [0.1, 0.15) is 29.7 Å². The van der Waals surface area contributed by atoms with Gasteiger partial charge in [-0.05, 0) is 74.9 Å². The molecule has 5 N–H and O–H groups in total. The Morgan fingerprint density at radius 2 is 1.50 bits per heavy atom. The lowest BCUT2D eigenvalue weighted by atomic mass is 9.74. The van der Waals surface area contributed by atoms with Gasteiger partial charge in [-0.3, -0.25) is 9.59 Å². The molecular formula is C38H69NO13. The minimum atomic E-state index is -1.99. The molecule has 14 heteroatoms. The van der Waals surface area contributed by atoms with Gasteiger partial charge < -0.3 is 58.9 Å². The fourth-order valence-electron chi connectivity index (χ4n) is 8.53. The molecule has 0 unspecified atom stereocenters. The largest absolute Gasteiger partial charge is 0.459 e. The second kappa shape index (κ2) is 17.7. The van der Waals surface area contributed by atoms with Gasteiger partial charge in [0.05, 0.1) is 47.6 Å². The number of Topliss-reactive ketones (excluding diaryl/α,β-unsaturated/α-hetero) is 1. The van der Waals surface area contributed by atoms with Crippen molar-refractivity contribution in [1.29, 1.82) is 0 Å². The number of rotatable bonds is 8. The Morgan fingerprint density at radius 3 is 2.06 bits per heavy atom. The molecule has 14 nitrogen and oxygen atoms in total. The summed E-state index contributed by atoms with van der Waals surface area (Å²) >= 11 is 0. The Morgan fingerprint density at radius 1 is 0.885 bits per heavy atom. The Kier molecular flexibility index (Phi) is 15.3. The fourth-order valence-corrected chi connectivity index (χ4v) is 8.53. The first-order valence-corrected chi connectivity index (χ1v) is 19.0. The number of methoxy groups -OCH3 is 1. The van der Waals surface area contributed by atoms with Crippen LogP contribution in [0.4, 0.5) is 0 Å². The van der Waals surface area contributed by atoms with Crippen LogP contribution < -0.4 is 0 Å². The van der Waals surface area contributed by atoms with Gasteiger partial charge in [-0.2, -0.15) is 0 Å². The molecule has 3 saturated heterocycles. The van der Waals surface area contributed by atoms with Crippen molar-refractivity contribution in [3.05, 3.63) is 0 Å². The molecule has 0 aromatic carbocycles. The molecule has 304 valence electrons. The molecule has 0 aromatic heterocycles. The number of ether oxygens (including phenoxy) is 6. The van der Waals surface area contributed by atoms with Crippen LogP contribution >= 0.6 is 0 Å². The molecule has 0 aliphatic carbocycles. The number of aliphatic hydroxyl groups is 5. The van der Waals surface area contributed by atoms with Crippen molar-refractivity contribution < 1.29 is 63.5 Å². The first-order valence-electron chi connectivity index (χ1n) is 19.0. The van der Waals surface area contributed by atoms with E-state index in [9.17, 15) is 35.1 Å². The third-order valence-electron chi connectivity index (χ3n) is 12.0. The van der Waals surface area contributed by atoms with Crippen molar-refractivity contribution in [3.8, 4) is 0 Å². The highest BCUT2D eigenvalue weighted by Crippen LogP contribution is 2.41. The lowest BCUT2D eigenvalue weighted by molar-refractivity contribution is -0.318. The highest BCUT2D eigenvalue weighted by molar-refractivity contribution is 5.83. The van der Waals surface area contributed by atoms with E-state index in [-0.39, 0.29) is 31.4 Å². The minimum Gasteiger partial charge on any atom is -0.459 e. The molecule has 0 saturated carbocycles. The SMILES string of the molecule is CCC[C@H]1OC(=O)[C@H](C)[C@@H](O[C@H]2C[C@@](C)(OC)[C@@H](O)[C@H](C)O2)[C@H](C)[C@@H](O[C@@H]2O[C@H](C)C[C@H](N(C)C)[C@H]2O)[C@](C)(O)C[C@@H](C)C(=O)[C@H](C)[C@@H](O)[C@]1(C)O. The van der Waals surface area contributed by atoms with E-state index >= 15 is 0 Å². The predicted octanol–water partition coefficient (Wildman–Crippen LogP) is 2.18. The molecule has 3 heterocycles. The molecule has 0 spiro atoms. The van der Waals surface area contributed by atoms with Crippen molar-refractivity contribution in [2.45, 2.75) is 186 Å². The summed E-state index contributed by atoms with van der Waals surface area (Å²) in [4.78, 5) is 29.9. The average molecular weight is 748 g/mol.